The van der Waals surface area contributed by atoms with E-state index in [1.165, 1.54) is 5.56 Å². The van der Waals surface area contributed by atoms with Gasteiger partial charge in [0, 0.05) is 11.9 Å². The predicted molar refractivity (Wildman–Crippen MR) is 106 cm³/mol. The zero-order valence-corrected chi connectivity index (χ0v) is 15.0. The Labute approximate surface area is 155 Å². The molecule has 0 spiro atoms. The third kappa shape index (κ3) is 3.50. The third-order valence-corrected chi connectivity index (χ3v) is 5.31. The lowest BCUT2D eigenvalue weighted by Gasteiger charge is -2.10. The molecule has 25 heavy (non-hydrogen) atoms. The minimum atomic E-state index is 0.668. The molecule has 3 nitrogen and oxygen atoms in total. The molecule has 0 radical (unpaired) electrons. The Morgan fingerprint density at radius 3 is 2.52 bits per heavy atom. The molecule has 2 aromatic heterocycles. The SMILES string of the molecule is Clc1ccsc1-c1nc(NCCc2ccccc2)c2ccccc2n1. The number of rotatable bonds is 5. The summed E-state index contributed by atoms with van der Waals surface area (Å²) in [5, 5.41) is 7.14. The first-order valence-electron chi connectivity index (χ1n) is 8.09. The molecule has 2 heterocycles. The van der Waals surface area contributed by atoms with Gasteiger partial charge in [0.05, 0.1) is 15.4 Å². The average molecular weight is 366 g/mol. The number of thiophene rings is 1. The molecule has 0 amide bonds. The summed E-state index contributed by atoms with van der Waals surface area (Å²) in [7, 11) is 0. The van der Waals surface area contributed by atoms with Crippen LogP contribution in [0.15, 0.2) is 66.0 Å². The van der Waals surface area contributed by atoms with Gasteiger partial charge in [-0.2, -0.15) is 0 Å². The summed E-state index contributed by atoms with van der Waals surface area (Å²) in [5.41, 5.74) is 2.22. The van der Waals surface area contributed by atoms with E-state index < -0.39 is 0 Å². The second kappa shape index (κ2) is 7.21. The predicted octanol–water partition coefficient (Wildman–Crippen LogP) is 5.67. The van der Waals surface area contributed by atoms with Crippen molar-refractivity contribution in [1.29, 1.82) is 0 Å². The van der Waals surface area contributed by atoms with Crippen LogP contribution in [0.4, 0.5) is 5.82 Å². The molecule has 0 saturated heterocycles. The summed E-state index contributed by atoms with van der Waals surface area (Å²) >= 11 is 7.83. The van der Waals surface area contributed by atoms with Crippen LogP contribution < -0.4 is 5.32 Å². The smallest absolute Gasteiger partial charge is 0.173 e. The van der Waals surface area contributed by atoms with Crippen LogP contribution in [0.5, 0.6) is 0 Å². The standard InChI is InChI=1S/C20H16ClN3S/c21-16-11-13-25-18(16)20-23-17-9-5-4-8-15(17)19(24-20)22-12-10-14-6-2-1-3-7-14/h1-9,11,13H,10,12H2,(H,22,23,24). The molecule has 0 unspecified atom stereocenters. The number of para-hydroxylation sites is 1. The number of benzene rings is 2. The van der Waals surface area contributed by atoms with Gasteiger partial charge in [-0.05, 0) is 35.6 Å². The fraction of sp³-hybridized carbons (Fsp3) is 0.100. The van der Waals surface area contributed by atoms with Crippen molar-refractivity contribution in [3.05, 3.63) is 76.6 Å². The summed E-state index contributed by atoms with van der Waals surface area (Å²) in [6, 6.07) is 20.3. The number of hydrogen-bond acceptors (Lipinski definition) is 4. The van der Waals surface area contributed by atoms with Crippen LogP contribution in [-0.4, -0.2) is 16.5 Å². The van der Waals surface area contributed by atoms with Crippen LogP contribution in [0.25, 0.3) is 21.6 Å². The molecule has 0 atom stereocenters. The Morgan fingerprint density at radius 1 is 0.920 bits per heavy atom. The highest BCUT2D eigenvalue weighted by atomic mass is 35.5. The highest BCUT2D eigenvalue weighted by Gasteiger charge is 2.12. The van der Waals surface area contributed by atoms with E-state index in [0.717, 1.165) is 34.6 Å². The Kier molecular flexibility index (Phi) is 4.63. The molecule has 0 bridgehead atoms. The number of hydrogen-bond donors (Lipinski definition) is 1. The highest BCUT2D eigenvalue weighted by Crippen LogP contribution is 2.33. The largest absolute Gasteiger partial charge is 0.369 e. The maximum atomic E-state index is 6.27. The molecule has 0 fully saturated rings. The molecule has 1 N–H and O–H groups in total. The number of fused-ring (bicyclic) bond motifs is 1. The van der Waals surface area contributed by atoms with E-state index >= 15 is 0 Å². The first-order valence-corrected chi connectivity index (χ1v) is 9.35. The summed E-state index contributed by atoms with van der Waals surface area (Å²) in [5.74, 6) is 1.52. The molecule has 0 aliphatic rings. The van der Waals surface area contributed by atoms with Gasteiger partial charge in [0.2, 0.25) is 0 Å². The minimum Gasteiger partial charge on any atom is -0.369 e. The molecule has 0 aliphatic heterocycles. The number of aromatic nitrogens is 2. The van der Waals surface area contributed by atoms with E-state index in [4.69, 9.17) is 16.6 Å². The lowest BCUT2D eigenvalue weighted by molar-refractivity contribution is 1.01. The number of nitrogens with one attached hydrogen (secondary N) is 1. The van der Waals surface area contributed by atoms with Gasteiger partial charge in [0.25, 0.3) is 0 Å². The monoisotopic (exact) mass is 365 g/mol. The van der Waals surface area contributed by atoms with E-state index in [0.29, 0.717) is 10.8 Å². The quantitative estimate of drug-likeness (QED) is 0.495. The van der Waals surface area contributed by atoms with Crippen molar-refractivity contribution in [2.24, 2.45) is 0 Å². The van der Waals surface area contributed by atoms with Crippen LogP contribution in [0.3, 0.4) is 0 Å². The molecule has 4 aromatic rings. The Balaban J connectivity index is 1.65. The average Bonchev–Trinajstić information content (AvgIpc) is 3.08. The van der Waals surface area contributed by atoms with E-state index in [9.17, 15) is 0 Å². The van der Waals surface area contributed by atoms with Gasteiger partial charge in [0.1, 0.15) is 5.82 Å². The van der Waals surface area contributed by atoms with E-state index in [2.05, 4.69) is 34.6 Å². The van der Waals surface area contributed by atoms with Crippen molar-refractivity contribution >= 4 is 39.7 Å². The maximum Gasteiger partial charge on any atom is 0.173 e. The summed E-state index contributed by atoms with van der Waals surface area (Å²) in [6.07, 6.45) is 0.939. The van der Waals surface area contributed by atoms with Crippen molar-refractivity contribution in [3.63, 3.8) is 0 Å². The maximum absolute atomic E-state index is 6.27. The molecular weight excluding hydrogens is 350 g/mol. The van der Waals surface area contributed by atoms with E-state index in [1.54, 1.807) is 11.3 Å². The van der Waals surface area contributed by atoms with Gasteiger partial charge >= 0.3 is 0 Å². The van der Waals surface area contributed by atoms with Gasteiger partial charge in [-0.25, -0.2) is 9.97 Å². The fourth-order valence-electron chi connectivity index (χ4n) is 2.74. The lowest BCUT2D eigenvalue weighted by Crippen LogP contribution is -2.08. The molecule has 5 heteroatoms. The van der Waals surface area contributed by atoms with Crippen molar-refractivity contribution in [2.45, 2.75) is 6.42 Å². The molecule has 4 rings (SSSR count). The van der Waals surface area contributed by atoms with Crippen LogP contribution in [0.1, 0.15) is 5.56 Å². The van der Waals surface area contributed by atoms with Gasteiger partial charge in [0.15, 0.2) is 5.82 Å². The Morgan fingerprint density at radius 2 is 1.72 bits per heavy atom. The molecule has 124 valence electrons. The van der Waals surface area contributed by atoms with E-state index in [-0.39, 0.29) is 0 Å². The first kappa shape index (κ1) is 16.1. The minimum absolute atomic E-state index is 0.668. The summed E-state index contributed by atoms with van der Waals surface area (Å²) in [6.45, 7) is 0.808. The second-order valence-electron chi connectivity index (χ2n) is 5.67. The molecule has 0 aliphatic carbocycles. The third-order valence-electron chi connectivity index (χ3n) is 3.97. The topological polar surface area (TPSA) is 37.8 Å². The second-order valence-corrected chi connectivity index (χ2v) is 7.00. The van der Waals surface area contributed by atoms with E-state index in [1.807, 2.05) is 41.8 Å². The zero-order valence-electron chi connectivity index (χ0n) is 13.4. The Hall–Kier alpha value is -2.43. The van der Waals surface area contributed by atoms with Crippen LogP contribution in [0, 0.1) is 0 Å². The van der Waals surface area contributed by atoms with Crippen LogP contribution >= 0.6 is 22.9 Å². The molecule has 2 aromatic carbocycles. The van der Waals surface area contributed by atoms with Crippen molar-refractivity contribution < 1.29 is 0 Å². The summed E-state index contributed by atoms with van der Waals surface area (Å²) in [4.78, 5) is 10.3. The molecule has 0 saturated carbocycles. The van der Waals surface area contributed by atoms with Crippen molar-refractivity contribution in [2.75, 3.05) is 11.9 Å². The van der Waals surface area contributed by atoms with Crippen LogP contribution in [0.2, 0.25) is 5.02 Å². The lowest BCUT2D eigenvalue weighted by atomic mass is 10.1. The Bertz CT molecular complexity index is 998. The van der Waals surface area contributed by atoms with Gasteiger partial charge in [-0.3, -0.25) is 0 Å². The highest BCUT2D eigenvalue weighted by molar-refractivity contribution is 7.14. The normalized spacial score (nSPS) is 10.9. The van der Waals surface area contributed by atoms with Gasteiger partial charge in [-0.1, -0.05) is 54.1 Å². The van der Waals surface area contributed by atoms with Crippen molar-refractivity contribution in [3.8, 4) is 10.7 Å². The van der Waals surface area contributed by atoms with Crippen LogP contribution in [-0.2, 0) is 6.42 Å². The summed E-state index contributed by atoms with van der Waals surface area (Å²) < 4.78 is 0. The fourth-order valence-corrected chi connectivity index (χ4v) is 3.81. The number of halogens is 1. The van der Waals surface area contributed by atoms with Gasteiger partial charge in [-0.15, -0.1) is 11.3 Å². The van der Waals surface area contributed by atoms with Gasteiger partial charge < -0.3 is 5.32 Å². The first-order chi connectivity index (χ1) is 12.3. The zero-order chi connectivity index (χ0) is 17.1. The number of anilines is 1. The number of nitrogens with zero attached hydrogens (tertiary/aromatic N) is 2. The molecular formula is C20H16ClN3S. The van der Waals surface area contributed by atoms with Crippen molar-refractivity contribution in [1.82, 2.24) is 9.97 Å².